The van der Waals surface area contributed by atoms with Crippen molar-refractivity contribution in [3.8, 4) is 6.07 Å². The highest BCUT2D eigenvalue weighted by Crippen LogP contribution is 2.25. The maximum absolute atomic E-state index is 11.8. The van der Waals surface area contributed by atoms with Gasteiger partial charge in [-0.1, -0.05) is 6.07 Å². The molecule has 0 aliphatic heterocycles. The molecule has 0 unspecified atom stereocenters. The van der Waals surface area contributed by atoms with Crippen LogP contribution in [0.1, 0.15) is 22.3 Å². The van der Waals surface area contributed by atoms with Crippen molar-refractivity contribution < 1.29 is 14.3 Å². The van der Waals surface area contributed by atoms with Crippen molar-refractivity contribution in [3.05, 3.63) is 53.6 Å². The number of nitriles is 1. The zero-order valence-corrected chi connectivity index (χ0v) is 15.2. The van der Waals surface area contributed by atoms with E-state index in [-0.39, 0.29) is 0 Å². The summed E-state index contributed by atoms with van der Waals surface area (Å²) in [6, 6.07) is 14.6. The van der Waals surface area contributed by atoms with E-state index in [1.165, 1.54) is 7.11 Å². The van der Waals surface area contributed by atoms with Gasteiger partial charge in [0.15, 0.2) is 0 Å². The molecule has 0 radical (unpaired) electrons. The summed E-state index contributed by atoms with van der Waals surface area (Å²) in [6.45, 7) is 1.32. The van der Waals surface area contributed by atoms with E-state index >= 15 is 0 Å². The fourth-order valence-electron chi connectivity index (χ4n) is 2.86. The zero-order chi connectivity index (χ0) is 19.2. The average molecular weight is 364 g/mol. The van der Waals surface area contributed by atoms with Gasteiger partial charge in [-0.15, -0.1) is 0 Å². The van der Waals surface area contributed by atoms with Crippen LogP contribution in [0.5, 0.6) is 0 Å². The van der Waals surface area contributed by atoms with Crippen molar-refractivity contribution in [1.82, 2.24) is 9.55 Å². The highest BCUT2D eigenvalue weighted by Gasteiger charge is 2.14. The number of anilines is 2. The van der Waals surface area contributed by atoms with Gasteiger partial charge in [0, 0.05) is 25.9 Å². The Hall–Kier alpha value is -3.37. The lowest BCUT2D eigenvalue weighted by Crippen LogP contribution is -2.06. The number of fused-ring (bicyclic) bond motifs is 1. The van der Waals surface area contributed by atoms with Crippen LogP contribution in [0.15, 0.2) is 42.5 Å². The number of aryl methyl sites for hydroxylation is 1. The second kappa shape index (κ2) is 8.34. The summed E-state index contributed by atoms with van der Waals surface area (Å²) in [4.78, 5) is 16.4. The van der Waals surface area contributed by atoms with Crippen LogP contribution in [0.3, 0.4) is 0 Å². The number of methoxy groups -OCH3 is 2. The van der Waals surface area contributed by atoms with Gasteiger partial charge in [0.05, 0.1) is 35.3 Å². The van der Waals surface area contributed by atoms with E-state index in [9.17, 15) is 4.79 Å². The molecule has 0 saturated heterocycles. The van der Waals surface area contributed by atoms with Crippen molar-refractivity contribution in [2.24, 2.45) is 0 Å². The van der Waals surface area contributed by atoms with Crippen LogP contribution in [0.4, 0.5) is 11.6 Å². The second-order valence-electron chi connectivity index (χ2n) is 5.95. The van der Waals surface area contributed by atoms with Crippen LogP contribution in [-0.4, -0.2) is 36.3 Å². The molecule has 1 heterocycles. The third-order valence-electron chi connectivity index (χ3n) is 4.15. The Morgan fingerprint density at radius 2 is 2.11 bits per heavy atom. The van der Waals surface area contributed by atoms with Gasteiger partial charge in [-0.05, 0) is 42.8 Å². The number of ether oxygens (including phenoxy) is 2. The maximum atomic E-state index is 11.8. The van der Waals surface area contributed by atoms with Gasteiger partial charge in [0.25, 0.3) is 0 Å². The number of esters is 1. The third kappa shape index (κ3) is 4.07. The number of hydrogen-bond donors (Lipinski definition) is 1. The number of carbonyl (C=O) groups excluding carboxylic acids is 1. The summed E-state index contributed by atoms with van der Waals surface area (Å²) in [5, 5.41) is 12.4. The highest BCUT2D eigenvalue weighted by atomic mass is 16.5. The minimum absolute atomic E-state index is 0.401. The first kappa shape index (κ1) is 18.4. The van der Waals surface area contributed by atoms with Gasteiger partial charge in [-0.2, -0.15) is 5.26 Å². The number of carbonyl (C=O) groups is 1. The number of benzene rings is 2. The molecule has 2 aromatic carbocycles. The monoisotopic (exact) mass is 364 g/mol. The lowest BCUT2D eigenvalue weighted by atomic mass is 10.2. The molecule has 0 spiro atoms. The summed E-state index contributed by atoms with van der Waals surface area (Å²) in [5.74, 6) is 0.236. The van der Waals surface area contributed by atoms with E-state index in [0.717, 1.165) is 17.6 Å². The van der Waals surface area contributed by atoms with Gasteiger partial charge in [-0.25, -0.2) is 9.78 Å². The molecule has 0 aliphatic carbocycles. The molecule has 7 heteroatoms. The molecule has 27 heavy (non-hydrogen) atoms. The minimum atomic E-state index is -0.401. The molecule has 1 aromatic heterocycles. The predicted molar refractivity (Wildman–Crippen MR) is 102 cm³/mol. The smallest absolute Gasteiger partial charge is 0.337 e. The first-order chi connectivity index (χ1) is 13.2. The summed E-state index contributed by atoms with van der Waals surface area (Å²) in [7, 11) is 3.02. The SMILES string of the molecule is COCCCn1c(Nc2cccc(C#N)c2)nc2cc(C(=O)OC)ccc21. The van der Waals surface area contributed by atoms with Crippen LogP contribution in [0.2, 0.25) is 0 Å². The normalized spacial score (nSPS) is 10.6. The Labute approximate surface area is 157 Å². The van der Waals surface area contributed by atoms with E-state index < -0.39 is 5.97 Å². The van der Waals surface area contributed by atoms with Crippen LogP contribution < -0.4 is 5.32 Å². The highest BCUT2D eigenvalue weighted by molar-refractivity contribution is 5.94. The number of imidazole rings is 1. The Morgan fingerprint density at radius 3 is 2.85 bits per heavy atom. The molecule has 0 amide bonds. The maximum Gasteiger partial charge on any atom is 0.337 e. The van der Waals surface area contributed by atoms with Crippen LogP contribution >= 0.6 is 0 Å². The van der Waals surface area contributed by atoms with Crippen molar-refractivity contribution in [2.45, 2.75) is 13.0 Å². The topological polar surface area (TPSA) is 89.2 Å². The molecular weight excluding hydrogens is 344 g/mol. The Balaban J connectivity index is 2.01. The zero-order valence-electron chi connectivity index (χ0n) is 15.2. The molecule has 138 valence electrons. The van der Waals surface area contributed by atoms with Crippen LogP contribution in [-0.2, 0) is 16.0 Å². The van der Waals surface area contributed by atoms with E-state index in [0.29, 0.717) is 35.7 Å². The molecule has 0 fully saturated rings. The molecule has 0 bridgehead atoms. The molecule has 0 atom stereocenters. The summed E-state index contributed by atoms with van der Waals surface area (Å²) in [6.07, 6.45) is 0.813. The van der Waals surface area contributed by atoms with Crippen molar-refractivity contribution in [2.75, 3.05) is 26.1 Å². The van der Waals surface area contributed by atoms with Crippen molar-refractivity contribution in [1.29, 1.82) is 5.26 Å². The number of nitrogens with one attached hydrogen (secondary N) is 1. The lowest BCUT2D eigenvalue weighted by Gasteiger charge is -2.11. The van der Waals surface area contributed by atoms with Gasteiger partial charge in [0.2, 0.25) is 5.95 Å². The Bertz CT molecular complexity index is 1000. The van der Waals surface area contributed by atoms with E-state index in [1.807, 2.05) is 22.8 Å². The largest absolute Gasteiger partial charge is 0.465 e. The molecule has 1 N–H and O–H groups in total. The second-order valence-corrected chi connectivity index (χ2v) is 5.95. The van der Waals surface area contributed by atoms with Crippen molar-refractivity contribution >= 4 is 28.6 Å². The van der Waals surface area contributed by atoms with E-state index in [2.05, 4.69) is 16.4 Å². The summed E-state index contributed by atoms with van der Waals surface area (Å²) in [5.41, 5.74) is 3.37. The Morgan fingerprint density at radius 1 is 1.26 bits per heavy atom. The van der Waals surface area contributed by atoms with E-state index in [4.69, 9.17) is 14.7 Å². The fourth-order valence-corrected chi connectivity index (χ4v) is 2.86. The summed E-state index contributed by atoms with van der Waals surface area (Å²) < 4.78 is 12.0. The molecule has 3 rings (SSSR count). The lowest BCUT2D eigenvalue weighted by molar-refractivity contribution is 0.0601. The minimum Gasteiger partial charge on any atom is -0.465 e. The van der Waals surface area contributed by atoms with Crippen LogP contribution in [0.25, 0.3) is 11.0 Å². The molecular formula is C20H20N4O3. The van der Waals surface area contributed by atoms with Gasteiger partial charge >= 0.3 is 5.97 Å². The first-order valence-electron chi connectivity index (χ1n) is 8.51. The van der Waals surface area contributed by atoms with Gasteiger partial charge in [-0.3, -0.25) is 0 Å². The number of aromatic nitrogens is 2. The summed E-state index contributed by atoms with van der Waals surface area (Å²) >= 11 is 0. The first-order valence-corrected chi connectivity index (χ1v) is 8.51. The van der Waals surface area contributed by atoms with E-state index in [1.54, 1.807) is 31.4 Å². The standard InChI is InChI=1S/C20H20N4O3/c1-26-10-4-9-24-18-8-7-15(19(25)27-2)12-17(18)23-20(24)22-16-6-3-5-14(11-16)13-21/h3,5-8,11-12H,4,9-10H2,1-2H3,(H,22,23). The molecule has 7 nitrogen and oxygen atoms in total. The third-order valence-corrected chi connectivity index (χ3v) is 4.15. The fraction of sp³-hybridized carbons (Fsp3) is 0.250. The quantitative estimate of drug-likeness (QED) is 0.510. The van der Waals surface area contributed by atoms with Crippen LogP contribution in [0, 0.1) is 11.3 Å². The molecule has 0 saturated carbocycles. The molecule has 0 aliphatic rings. The number of rotatable bonds is 7. The van der Waals surface area contributed by atoms with Gasteiger partial charge < -0.3 is 19.4 Å². The average Bonchev–Trinajstić information content (AvgIpc) is 3.04. The number of hydrogen-bond acceptors (Lipinski definition) is 6. The molecule has 3 aromatic rings. The predicted octanol–water partition coefficient (Wildman–Crippen LogP) is 3.47. The Kier molecular flexibility index (Phi) is 5.69. The van der Waals surface area contributed by atoms with Crippen molar-refractivity contribution in [3.63, 3.8) is 0 Å². The van der Waals surface area contributed by atoms with Gasteiger partial charge in [0.1, 0.15) is 0 Å². The number of nitrogens with zero attached hydrogens (tertiary/aromatic N) is 3.